The number of fused-ring (bicyclic) bond motifs is 1. The summed E-state index contributed by atoms with van der Waals surface area (Å²) in [5, 5.41) is 4.38. The van der Waals surface area contributed by atoms with E-state index in [1.807, 2.05) is 24.3 Å². The molecule has 0 spiro atoms. The molecule has 0 aliphatic heterocycles. The smallest absolute Gasteiger partial charge is 0.162 e. The van der Waals surface area contributed by atoms with Crippen LogP contribution in [-0.4, -0.2) is 16.5 Å². The zero-order chi connectivity index (χ0) is 13.9. The Hall–Kier alpha value is -1.40. The lowest BCUT2D eigenvalue weighted by atomic mass is 10.2. The van der Waals surface area contributed by atoms with E-state index in [2.05, 4.69) is 69.1 Å². The first-order valence-electron chi connectivity index (χ1n) is 6.54. The Balaban J connectivity index is 0.00000161. The van der Waals surface area contributed by atoms with Gasteiger partial charge in [0.1, 0.15) is 5.82 Å². The van der Waals surface area contributed by atoms with Crippen molar-refractivity contribution in [2.24, 2.45) is 0 Å². The number of hydrogen-bond donors (Lipinski definition) is 1. The zero-order valence-electron chi connectivity index (χ0n) is 11.5. The van der Waals surface area contributed by atoms with Crippen LogP contribution in [0, 0.1) is 3.57 Å². The summed E-state index contributed by atoms with van der Waals surface area (Å²) in [6.45, 7) is 2.91. The standard InChI is InChI=1S/C16H14IN3.ClH/c1-2-18-16-13-5-3-4-6-14(13)19-15(20-16)11-7-9-12(17)10-8-11;/h3-10H,2H2,1H3,(H,18,19,20);1H. The predicted octanol–water partition coefficient (Wildman–Crippen LogP) is 4.76. The minimum Gasteiger partial charge on any atom is -0.370 e. The lowest BCUT2D eigenvalue weighted by molar-refractivity contribution is 1.14. The molecule has 21 heavy (non-hydrogen) atoms. The van der Waals surface area contributed by atoms with E-state index in [-0.39, 0.29) is 12.4 Å². The Labute approximate surface area is 143 Å². The fourth-order valence-electron chi connectivity index (χ4n) is 2.11. The topological polar surface area (TPSA) is 37.8 Å². The van der Waals surface area contributed by atoms with Gasteiger partial charge in [0, 0.05) is 21.1 Å². The Bertz CT molecular complexity index is 744. The molecule has 2 aromatic carbocycles. The van der Waals surface area contributed by atoms with E-state index in [0.29, 0.717) is 0 Å². The normalized spacial score (nSPS) is 10.2. The number of nitrogens with zero attached hydrogens (tertiary/aromatic N) is 2. The number of para-hydroxylation sites is 1. The summed E-state index contributed by atoms with van der Waals surface area (Å²) in [5.41, 5.74) is 2.00. The Morgan fingerprint density at radius 1 is 1.00 bits per heavy atom. The number of benzene rings is 2. The van der Waals surface area contributed by atoms with Crippen LogP contribution in [0.5, 0.6) is 0 Å². The molecule has 0 atom stereocenters. The lowest BCUT2D eigenvalue weighted by Crippen LogP contribution is -2.02. The maximum atomic E-state index is 4.67. The molecular weight excluding hydrogens is 397 g/mol. The molecular formula is C16H15ClIN3. The van der Waals surface area contributed by atoms with E-state index in [1.165, 1.54) is 3.57 Å². The van der Waals surface area contributed by atoms with Crippen LogP contribution >= 0.6 is 35.0 Å². The van der Waals surface area contributed by atoms with Gasteiger partial charge in [-0.05, 0) is 53.8 Å². The van der Waals surface area contributed by atoms with E-state index in [4.69, 9.17) is 0 Å². The summed E-state index contributed by atoms with van der Waals surface area (Å²) < 4.78 is 1.21. The molecule has 0 unspecified atom stereocenters. The van der Waals surface area contributed by atoms with Gasteiger partial charge < -0.3 is 5.32 Å². The first-order valence-corrected chi connectivity index (χ1v) is 7.62. The number of aromatic nitrogens is 2. The van der Waals surface area contributed by atoms with Gasteiger partial charge in [0.15, 0.2) is 5.82 Å². The highest BCUT2D eigenvalue weighted by Crippen LogP contribution is 2.25. The fraction of sp³-hybridized carbons (Fsp3) is 0.125. The molecule has 0 amide bonds. The van der Waals surface area contributed by atoms with Crippen molar-refractivity contribution >= 4 is 51.7 Å². The Morgan fingerprint density at radius 2 is 1.71 bits per heavy atom. The van der Waals surface area contributed by atoms with E-state index in [1.54, 1.807) is 0 Å². The van der Waals surface area contributed by atoms with Crippen molar-refractivity contribution in [3.8, 4) is 11.4 Å². The average Bonchev–Trinajstić information content (AvgIpc) is 2.48. The SMILES string of the molecule is CCNc1nc(-c2ccc(I)cc2)nc2ccccc12.Cl. The second-order valence-electron chi connectivity index (χ2n) is 4.45. The van der Waals surface area contributed by atoms with Crippen LogP contribution in [-0.2, 0) is 0 Å². The molecule has 0 radical (unpaired) electrons. The average molecular weight is 412 g/mol. The molecule has 3 aromatic rings. The molecule has 3 rings (SSSR count). The number of halogens is 2. The second-order valence-corrected chi connectivity index (χ2v) is 5.70. The van der Waals surface area contributed by atoms with Gasteiger partial charge in [0.2, 0.25) is 0 Å². The predicted molar refractivity (Wildman–Crippen MR) is 99.1 cm³/mol. The van der Waals surface area contributed by atoms with Gasteiger partial charge in [0.25, 0.3) is 0 Å². The van der Waals surface area contributed by atoms with E-state index in [9.17, 15) is 0 Å². The summed E-state index contributed by atoms with van der Waals surface area (Å²) >= 11 is 2.30. The maximum Gasteiger partial charge on any atom is 0.162 e. The first-order chi connectivity index (χ1) is 9.78. The van der Waals surface area contributed by atoms with Crippen LogP contribution in [0.25, 0.3) is 22.3 Å². The third kappa shape index (κ3) is 3.44. The van der Waals surface area contributed by atoms with E-state index < -0.39 is 0 Å². The van der Waals surface area contributed by atoms with Gasteiger partial charge in [-0.1, -0.05) is 24.3 Å². The molecule has 0 saturated heterocycles. The molecule has 1 heterocycles. The molecule has 3 nitrogen and oxygen atoms in total. The van der Waals surface area contributed by atoms with E-state index >= 15 is 0 Å². The van der Waals surface area contributed by atoms with Gasteiger partial charge in [-0.25, -0.2) is 9.97 Å². The number of nitrogens with one attached hydrogen (secondary N) is 1. The minimum absolute atomic E-state index is 0. The van der Waals surface area contributed by atoms with E-state index in [0.717, 1.165) is 34.7 Å². The van der Waals surface area contributed by atoms with Gasteiger partial charge in [-0.15, -0.1) is 12.4 Å². The third-order valence-corrected chi connectivity index (χ3v) is 3.77. The summed E-state index contributed by atoms with van der Waals surface area (Å²) in [6.07, 6.45) is 0. The van der Waals surface area contributed by atoms with Crippen molar-refractivity contribution < 1.29 is 0 Å². The van der Waals surface area contributed by atoms with Crippen molar-refractivity contribution in [3.63, 3.8) is 0 Å². The van der Waals surface area contributed by atoms with Crippen LogP contribution in [0.4, 0.5) is 5.82 Å². The molecule has 0 bridgehead atoms. The van der Waals surface area contributed by atoms with Crippen molar-refractivity contribution in [2.75, 3.05) is 11.9 Å². The quantitative estimate of drug-likeness (QED) is 0.632. The summed E-state index contributed by atoms with van der Waals surface area (Å²) in [4.78, 5) is 9.33. The summed E-state index contributed by atoms with van der Waals surface area (Å²) in [7, 11) is 0. The first kappa shape index (κ1) is 16.0. The highest BCUT2D eigenvalue weighted by atomic mass is 127. The van der Waals surface area contributed by atoms with Crippen molar-refractivity contribution in [1.29, 1.82) is 0 Å². The Morgan fingerprint density at radius 3 is 2.43 bits per heavy atom. The van der Waals surface area contributed by atoms with Crippen LogP contribution in [0.15, 0.2) is 48.5 Å². The van der Waals surface area contributed by atoms with Crippen LogP contribution in [0.3, 0.4) is 0 Å². The summed E-state index contributed by atoms with van der Waals surface area (Å²) in [6, 6.07) is 16.3. The highest BCUT2D eigenvalue weighted by Gasteiger charge is 2.08. The van der Waals surface area contributed by atoms with Crippen molar-refractivity contribution in [1.82, 2.24) is 9.97 Å². The lowest BCUT2D eigenvalue weighted by Gasteiger charge is -2.09. The number of anilines is 1. The Kier molecular flexibility index (Phi) is 5.36. The molecule has 0 aliphatic carbocycles. The number of rotatable bonds is 3. The molecule has 1 N–H and O–H groups in total. The van der Waals surface area contributed by atoms with Gasteiger partial charge in [-0.3, -0.25) is 0 Å². The number of hydrogen-bond acceptors (Lipinski definition) is 3. The van der Waals surface area contributed by atoms with Crippen LogP contribution in [0.1, 0.15) is 6.92 Å². The van der Waals surface area contributed by atoms with Crippen LogP contribution in [0.2, 0.25) is 0 Å². The molecule has 1 aromatic heterocycles. The van der Waals surface area contributed by atoms with Crippen molar-refractivity contribution in [2.45, 2.75) is 6.92 Å². The largest absolute Gasteiger partial charge is 0.370 e. The molecule has 0 aliphatic rings. The molecule has 0 saturated carbocycles. The zero-order valence-corrected chi connectivity index (χ0v) is 14.5. The van der Waals surface area contributed by atoms with Gasteiger partial charge in [-0.2, -0.15) is 0 Å². The highest BCUT2D eigenvalue weighted by molar-refractivity contribution is 14.1. The van der Waals surface area contributed by atoms with Gasteiger partial charge >= 0.3 is 0 Å². The van der Waals surface area contributed by atoms with Gasteiger partial charge in [0.05, 0.1) is 5.52 Å². The fourth-order valence-corrected chi connectivity index (χ4v) is 2.47. The third-order valence-electron chi connectivity index (χ3n) is 3.05. The monoisotopic (exact) mass is 411 g/mol. The second kappa shape index (κ2) is 7.04. The van der Waals surface area contributed by atoms with Crippen LogP contribution < -0.4 is 5.32 Å². The molecule has 0 fully saturated rings. The summed E-state index contributed by atoms with van der Waals surface area (Å²) in [5.74, 6) is 1.66. The minimum atomic E-state index is 0. The molecule has 108 valence electrons. The molecule has 5 heteroatoms. The van der Waals surface area contributed by atoms with Crippen molar-refractivity contribution in [3.05, 3.63) is 52.1 Å². The maximum absolute atomic E-state index is 4.67.